The van der Waals surface area contributed by atoms with Gasteiger partial charge in [0.25, 0.3) is 0 Å². The lowest BCUT2D eigenvalue weighted by Crippen LogP contribution is -1.87. The summed E-state index contributed by atoms with van der Waals surface area (Å²) in [6.45, 7) is 0. The second kappa shape index (κ2) is 5.78. The van der Waals surface area contributed by atoms with Crippen molar-refractivity contribution in [2.75, 3.05) is 0 Å². The van der Waals surface area contributed by atoms with Crippen molar-refractivity contribution in [3.8, 4) is 0 Å². The van der Waals surface area contributed by atoms with E-state index in [1.54, 1.807) is 5.57 Å². The third-order valence-electron chi connectivity index (χ3n) is 5.41. The molecule has 0 N–H and O–H groups in total. The van der Waals surface area contributed by atoms with E-state index in [0.29, 0.717) is 0 Å². The normalized spacial score (nSPS) is 13.8. The molecule has 0 fully saturated rings. The molecule has 0 amide bonds. The molecule has 0 atom stereocenters. The highest BCUT2D eigenvalue weighted by molar-refractivity contribution is 7.20. The highest BCUT2D eigenvalue weighted by Crippen LogP contribution is 2.37. The zero-order valence-corrected chi connectivity index (χ0v) is 16.6. The molecule has 0 nitrogen and oxygen atoms in total. The molecule has 1 aliphatic rings. The number of allylic oxidation sites excluding steroid dienone is 1. The van der Waals surface area contributed by atoms with Crippen LogP contribution in [0.4, 0.5) is 0 Å². The lowest BCUT2D eigenvalue weighted by Gasteiger charge is -2.01. The first-order chi connectivity index (χ1) is 12.8. The largest absolute Gasteiger partial charge is 0.144 e. The van der Waals surface area contributed by atoms with E-state index in [9.17, 15) is 0 Å². The van der Waals surface area contributed by atoms with E-state index in [1.807, 2.05) is 34.0 Å². The molecule has 0 unspecified atom stereocenters. The number of aryl methyl sites for hydroxylation is 1. The predicted molar refractivity (Wildman–Crippen MR) is 119 cm³/mol. The number of benzene rings is 2. The van der Waals surface area contributed by atoms with Crippen molar-refractivity contribution < 1.29 is 0 Å². The molecule has 0 bridgehead atoms. The summed E-state index contributed by atoms with van der Waals surface area (Å²) in [7, 11) is 0. The smallest absolute Gasteiger partial charge is 0.0352 e. The quantitative estimate of drug-likeness (QED) is 0.294. The standard InChI is InChI=1S/C23H16S3/c1(14-11-15-2-4-21-17(7-9-24-21)19(15)12-14)3-16-13-20-18-8-10-25-22(18)5-6-23(20)26-16/h2,4-10,12-13H,1,3,11H2. The minimum absolute atomic E-state index is 1.13. The van der Waals surface area contributed by atoms with Gasteiger partial charge in [-0.2, -0.15) is 0 Å². The Balaban J connectivity index is 1.29. The molecule has 6 rings (SSSR count). The monoisotopic (exact) mass is 388 g/mol. The van der Waals surface area contributed by atoms with Gasteiger partial charge in [0.15, 0.2) is 0 Å². The van der Waals surface area contributed by atoms with Crippen molar-refractivity contribution in [3.05, 3.63) is 74.8 Å². The number of hydrogen-bond acceptors (Lipinski definition) is 3. The molecule has 0 radical (unpaired) electrons. The van der Waals surface area contributed by atoms with Gasteiger partial charge < -0.3 is 0 Å². The molecular weight excluding hydrogens is 372 g/mol. The van der Waals surface area contributed by atoms with E-state index in [1.165, 1.54) is 52.7 Å². The van der Waals surface area contributed by atoms with Crippen LogP contribution in [0.15, 0.2) is 58.8 Å². The van der Waals surface area contributed by atoms with Crippen LogP contribution in [0.25, 0.3) is 36.3 Å². The highest BCUT2D eigenvalue weighted by atomic mass is 32.1. The van der Waals surface area contributed by atoms with Gasteiger partial charge in [-0.3, -0.25) is 0 Å². The fourth-order valence-corrected chi connectivity index (χ4v) is 6.80. The minimum atomic E-state index is 1.13. The lowest BCUT2D eigenvalue weighted by atomic mass is 10.0. The Kier molecular flexibility index (Phi) is 3.37. The van der Waals surface area contributed by atoms with Gasteiger partial charge >= 0.3 is 0 Å². The van der Waals surface area contributed by atoms with E-state index >= 15 is 0 Å². The van der Waals surface area contributed by atoms with E-state index in [-0.39, 0.29) is 0 Å². The molecule has 3 aromatic heterocycles. The number of thiophene rings is 3. The third-order valence-corrected chi connectivity index (χ3v) is 8.33. The summed E-state index contributed by atoms with van der Waals surface area (Å²) in [5, 5.41) is 8.70. The minimum Gasteiger partial charge on any atom is -0.144 e. The number of fused-ring (bicyclic) bond motifs is 6. The first-order valence-electron chi connectivity index (χ1n) is 8.92. The summed E-state index contributed by atoms with van der Waals surface area (Å²) < 4.78 is 4.23. The number of rotatable bonds is 3. The van der Waals surface area contributed by atoms with Gasteiger partial charge in [-0.25, -0.2) is 0 Å². The highest BCUT2D eigenvalue weighted by Gasteiger charge is 2.16. The summed E-state index contributed by atoms with van der Waals surface area (Å²) in [5.41, 5.74) is 4.55. The van der Waals surface area contributed by atoms with E-state index < -0.39 is 0 Å². The molecule has 0 saturated carbocycles. The maximum absolute atomic E-state index is 2.45. The zero-order chi connectivity index (χ0) is 17.1. The molecule has 0 aliphatic heterocycles. The van der Waals surface area contributed by atoms with Crippen LogP contribution in [-0.2, 0) is 12.8 Å². The summed E-state index contributed by atoms with van der Waals surface area (Å²) in [6, 6.07) is 16.1. The lowest BCUT2D eigenvalue weighted by molar-refractivity contribution is 0.933. The Morgan fingerprint density at radius 1 is 0.731 bits per heavy atom. The van der Waals surface area contributed by atoms with Crippen LogP contribution in [0.3, 0.4) is 0 Å². The Hall–Kier alpha value is -1.94. The topological polar surface area (TPSA) is 0 Å². The Morgan fingerprint density at radius 3 is 2.42 bits per heavy atom. The summed E-state index contributed by atoms with van der Waals surface area (Å²) >= 11 is 5.64. The SMILES string of the molecule is C1=C(CCc2cc3c(ccc4sccc43)s2)Cc2ccc3sccc3c21. The van der Waals surface area contributed by atoms with Crippen LogP contribution in [0.1, 0.15) is 22.4 Å². The second-order valence-electron chi connectivity index (χ2n) is 6.97. The van der Waals surface area contributed by atoms with Crippen molar-refractivity contribution in [1.82, 2.24) is 0 Å². The van der Waals surface area contributed by atoms with Crippen LogP contribution < -0.4 is 0 Å². The molecule has 2 aromatic carbocycles. The predicted octanol–water partition coefficient (Wildman–Crippen LogP) is 7.90. The maximum atomic E-state index is 2.45. The Labute approximate surface area is 164 Å². The maximum Gasteiger partial charge on any atom is 0.0352 e. The zero-order valence-electron chi connectivity index (χ0n) is 14.1. The number of hydrogen-bond donors (Lipinski definition) is 0. The van der Waals surface area contributed by atoms with Gasteiger partial charge in [-0.05, 0) is 82.9 Å². The van der Waals surface area contributed by atoms with Crippen molar-refractivity contribution in [2.45, 2.75) is 19.3 Å². The van der Waals surface area contributed by atoms with Gasteiger partial charge in [0, 0.05) is 29.7 Å². The molecule has 126 valence electrons. The van der Waals surface area contributed by atoms with Gasteiger partial charge in [0.05, 0.1) is 0 Å². The summed E-state index contributed by atoms with van der Waals surface area (Å²) in [6.07, 6.45) is 5.90. The molecule has 0 saturated heterocycles. The first-order valence-corrected chi connectivity index (χ1v) is 11.5. The summed E-state index contributed by atoms with van der Waals surface area (Å²) in [5.74, 6) is 0. The van der Waals surface area contributed by atoms with E-state index in [4.69, 9.17) is 0 Å². The van der Waals surface area contributed by atoms with Crippen LogP contribution >= 0.6 is 34.0 Å². The molecular formula is C23H16S3. The van der Waals surface area contributed by atoms with Gasteiger partial charge in [0.1, 0.15) is 0 Å². The fraction of sp³-hybridized carbons (Fsp3) is 0.130. The van der Waals surface area contributed by atoms with E-state index in [0.717, 1.165) is 12.8 Å². The van der Waals surface area contributed by atoms with Crippen LogP contribution in [0.5, 0.6) is 0 Å². The average Bonchev–Trinajstić information content (AvgIpc) is 3.43. The summed E-state index contributed by atoms with van der Waals surface area (Å²) in [4.78, 5) is 1.51. The fourth-order valence-electron chi connectivity index (χ4n) is 4.12. The van der Waals surface area contributed by atoms with Crippen LogP contribution in [0.2, 0.25) is 0 Å². The van der Waals surface area contributed by atoms with E-state index in [2.05, 4.69) is 59.3 Å². The molecule has 26 heavy (non-hydrogen) atoms. The Morgan fingerprint density at radius 2 is 1.50 bits per heavy atom. The van der Waals surface area contributed by atoms with Gasteiger partial charge in [0.2, 0.25) is 0 Å². The van der Waals surface area contributed by atoms with Crippen LogP contribution in [0, 0.1) is 0 Å². The van der Waals surface area contributed by atoms with Crippen molar-refractivity contribution >= 4 is 70.3 Å². The van der Waals surface area contributed by atoms with Gasteiger partial charge in [-0.15, -0.1) is 34.0 Å². The second-order valence-corrected chi connectivity index (χ2v) is 10.0. The molecule has 3 heteroatoms. The van der Waals surface area contributed by atoms with Crippen LogP contribution in [-0.4, -0.2) is 0 Å². The molecule has 1 aliphatic carbocycles. The molecule has 0 spiro atoms. The average molecular weight is 389 g/mol. The Bertz CT molecular complexity index is 1310. The van der Waals surface area contributed by atoms with Crippen molar-refractivity contribution in [3.63, 3.8) is 0 Å². The van der Waals surface area contributed by atoms with Gasteiger partial charge in [-0.1, -0.05) is 17.7 Å². The molecule has 3 heterocycles. The van der Waals surface area contributed by atoms with Crippen molar-refractivity contribution in [1.29, 1.82) is 0 Å². The van der Waals surface area contributed by atoms with Crippen molar-refractivity contribution in [2.24, 2.45) is 0 Å². The first kappa shape index (κ1) is 15.2. The third kappa shape index (κ3) is 2.31. The molecule has 5 aromatic rings.